The summed E-state index contributed by atoms with van der Waals surface area (Å²) in [4.78, 5) is 1.04. The first kappa shape index (κ1) is 18.8. The van der Waals surface area contributed by atoms with Gasteiger partial charge in [-0.05, 0) is 36.8 Å². The molecule has 2 aromatic carbocycles. The smallest absolute Gasteiger partial charge is 0.203 e. The molecule has 0 saturated carbocycles. The van der Waals surface area contributed by atoms with Crippen LogP contribution >= 0.6 is 23.8 Å². The molecule has 1 heterocycles. The van der Waals surface area contributed by atoms with Crippen molar-refractivity contribution in [1.29, 1.82) is 0 Å². The van der Waals surface area contributed by atoms with Crippen molar-refractivity contribution in [3.63, 3.8) is 0 Å². The molecule has 1 atom stereocenters. The molecule has 0 bridgehead atoms. The van der Waals surface area contributed by atoms with Crippen molar-refractivity contribution >= 4 is 23.8 Å². The monoisotopic (exact) mass is 391 g/mol. The van der Waals surface area contributed by atoms with E-state index in [1.807, 2.05) is 36.7 Å². The Kier molecular flexibility index (Phi) is 5.86. The Labute approximate surface area is 162 Å². The standard InChI is InChI=1S/C19H20ClFN4S/c1-14-22-25(19(26)24(14)11-15-7-4-3-5-8-15)13-23(2)12-16-17(20)9-6-10-18(16)21/h3-10H,11-13H2,1-2H3/p+1. The SMILES string of the molecule is Cc1nn(C[NH+](C)Cc2c(F)cccc2Cl)c(=S)n1Cc1ccccc1. The first-order valence-electron chi connectivity index (χ1n) is 8.38. The first-order valence-corrected chi connectivity index (χ1v) is 9.16. The zero-order valence-corrected chi connectivity index (χ0v) is 16.3. The van der Waals surface area contributed by atoms with Crippen LogP contribution in [0.1, 0.15) is 17.0 Å². The van der Waals surface area contributed by atoms with E-state index in [-0.39, 0.29) is 5.82 Å². The Bertz CT molecular complexity index is 932. The van der Waals surface area contributed by atoms with E-state index < -0.39 is 0 Å². The van der Waals surface area contributed by atoms with E-state index >= 15 is 0 Å². The van der Waals surface area contributed by atoms with Crippen LogP contribution in [-0.4, -0.2) is 21.4 Å². The third-order valence-electron chi connectivity index (χ3n) is 4.25. The second kappa shape index (κ2) is 8.12. The van der Waals surface area contributed by atoms with E-state index in [2.05, 4.69) is 17.2 Å². The lowest BCUT2D eigenvalue weighted by molar-refractivity contribution is -0.917. The minimum atomic E-state index is -0.286. The van der Waals surface area contributed by atoms with Crippen molar-refractivity contribution in [3.8, 4) is 0 Å². The van der Waals surface area contributed by atoms with E-state index in [1.165, 1.54) is 11.6 Å². The van der Waals surface area contributed by atoms with Crippen molar-refractivity contribution in [2.24, 2.45) is 0 Å². The highest BCUT2D eigenvalue weighted by Crippen LogP contribution is 2.17. The van der Waals surface area contributed by atoms with Gasteiger partial charge in [-0.2, -0.15) is 9.78 Å². The van der Waals surface area contributed by atoms with Crippen molar-refractivity contribution in [1.82, 2.24) is 14.3 Å². The number of aromatic nitrogens is 3. The van der Waals surface area contributed by atoms with Gasteiger partial charge in [-0.15, -0.1) is 0 Å². The topological polar surface area (TPSA) is 27.2 Å². The number of rotatable bonds is 6. The van der Waals surface area contributed by atoms with Gasteiger partial charge in [-0.1, -0.05) is 48.0 Å². The predicted octanol–water partition coefficient (Wildman–Crippen LogP) is 3.24. The minimum absolute atomic E-state index is 0.286. The Morgan fingerprint density at radius 2 is 1.88 bits per heavy atom. The number of nitrogens with one attached hydrogen (secondary N) is 1. The van der Waals surface area contributed by atoms with Gasteiger partial charge in [-0.25, -0.2) is 4.39 Å². The third kappa shape index (κ3) is 4.20. The summed E-state index contributed by atoms with van der Waals surface area (Å²) in [7, 11) is 1.97. The van der Waals surface area contributed by atoms with Gasteiger partial charge in [0.15, 0.2) is 6.67 Å². The molecule has 1 aromatic heterocycles. The number of hydrogen-bond donors (Lipinski definition) is 1. The molecule has 1 unspecified atom stereocenters. The maximum atomic E-state index is 14.0. The number of halogens is 2. The average molecular weight is 392 g/mol. The summed E-state index contributed by atoms with van der Waals surface area (Å²) in [6, 6.07) is 14.9. The van der Waals surface area contributed by atoms with Crippen LogP contribution < -0.4 is 4.90 Å². The number of aryl methyl sites for hydroxylation is 1. The molecule has 0 fully saturated rings. The second-order valence-electron chi connectivity index (χ2n) is 6.39. The summed E-state index contributed by atoms with van der Waals surface area (Å²) in [6.07, 6.45) is 0. The van der Waals surface area contributed by atoms with Gasteiger partial charge >= 0.3 is 0 Å². The van der Waals surface area contributed by atoms with Crippen LogP contribution in [0, 0.1) is 17.5 Å². The Hall–Kier alpha value is -2.02. The molecule has 3 aromatic rings. The molecule has 1 N–H and O–H groups in total. The third-order valence-corrected chi connectivity index (χ3v) is 5.04. The summed E-state index contributed by atoms with van der Waals surface area (Å²) >= 11 is 11.7. The number of benzene rings is 2. The highest BCUT2D eigenvalue weighted by molar-refractivity contribution is 7.71. The molecule has 0 radical (unpaired) electrons. The molecule has 0 saturated heterocycles. The van der Waals surface area contributed by atoms with Gasteiger partial charge in [-0.3, -0.25) is 4.57 Å². The lowest BCUT2D eigenvalue weighted by Gasteiger charge is -2.15. The lowest BCUT2D eigenvalue weighted by atomic mass is 10.2. The van der Waals surface area contributed by atoms with Crippen LogP contribution in [0.2, 0.25) is 5.02 Å². The summed E-state index contributed by atoms with van der Waals surface area (Å²) in [5, 5.41) is 5.00. The molecule has 0 aliphatic carbocycles. The van der Waals surface area contributed by atoms with Crippen LogP contribution in [0.4, 0.5) is 4.39 Å². The van der Waals surface area contributed by atoms with Gasteiger partial charge in [0.1, 0.15) is 18.2 Å². The lowest BCUT2D eigenvalue weighted by Crippen LogP contribution is -3.07. The molecule has 3 rings (SSSR count). The summed E-state index contributed by atoms with van der Waals surface area (Å²) in [5.41, 5.74) is 1.68. The van der Waals surface area contributed by atoms with Crippen molar-refractivity contribution in [2.45, 2.75) is 26.7 Å². The number of quaternary nitrogens is 1. The van der Waals surface area contributed by atoms with Crippen molar-refractivity contribution in [2.75, 3.05) is 7.05 Å². The highest BCUT2D eigenvalue weighted by Gasteiger charge is 2.15. The van der Waals surface area contributed by atoms with E-state index in [4.69, 9.17) is 23.8 Å². The van der Waals surface area contributed by atoms with Crippen LogP contribution in [-0.2, 0) is 19.8 Å². The quantitative estimate of drug-likeness (QED) is 0.653. The fourth-order valence-corrected chi connectivity index (χ4v) is 3.45. The van der Waals surface area contributed by atoms with Gasteiger partial charge in [0.05, 0.1) is 24.2 Å². The molecule has 0 spiro atoms. The van der Waals surface area contributed by atoms with Crippen LogP contribution in [0.15, 0.2) is 48.5 Å². The Morgan fingerprint density at radius 1 is 1.15 bits per heavy atom. The molecular weight excluding hydrogens is 371 g/mol. The number of hydrogen-bond acceptors (Lipinski definition) is 2. The Morgan fingerprint density at radius 3 is 2.58 bits per heavy atom. The fraction of sp³-hybridized carbons (Fsp3) is 0.263. The zero-order chi connectivity index (χ0) is 18.7. The zero-order valence-electron chi connectivity index (χ0n) is 14.7. The maximum absolute atomic E-state index is 14.0. The summed E-state index contributed by atoms with van der Waals surface area (Å²) in [6.45, 7) is 3.62. The fourth-order valence-electron chi connectivity index (χ4n) is 2.91. The predicted molar refractivity (Wildman–Crippen MR) is 103 cm³/mol. The maximum Gasteiger partial charge on any atom is 0.203 e. The van der Waals surface area contributed by atoms with Crippen LogP contribution in [0.3, 0.4) is 0 Å². The largest absolute Gasteiger partial charge is 0.315 e. The number of nitrogens with zero attached hydrogens (tertiary/aromatic N) is 3. The Balaban J connectivity index is 1.76. The van der Waals surface area contributed by atoms with E-state index in [1.54, 1.807) is 16.8 Å². The average Bonchev–Trinajstić information content (AvgIpc) is 2.87. The second-order valence-corrected chi connectivity index (χ2v) is 7.17. The molecule has 0 aliphatic heterocycles. The van der Waals surface area contributed by atoms with Gasteiger partial charge in [0.25, 0.3) is 0 Å². The minimum Gasteiger partial charge on any atom is -0.315 e. The molecule has 4 nitrogen and oxygen atoms in total. The van der Waals surface area contributed by atoms with Crippen LogP contribution in [0.5, 0.6) is 0 Å². The molecule has 7 heteroatoms. The van der Waals surface area contributed by atoms with E-state index in [0.717, 1.165) is 10.7 Å². The van der Waals surface area contributed by atoms with Gasteiger partial charge in [0, 0.05) is 0 Å². The summed E-state index contributed by atoms with van der Waals surface area (Å²) in [5.74, 6) is 0.571. The highest BCUT2D eigenvalue weighted by atomic mass is 35.5. The van der Waals surface area contributed by atoms with E-state index in [9.17, 15) is 4.39 Å². The van der Waals surface area contributed by atoms with Crippen LogP contribution in [0.25, 0.3) is 0 Å². The molecule has 136 valence electrons. The van der Waals surface area contributed by atoms with Gasteiger partial charge < -0.3 is 4.90 Å². The first-order chi connectivity index (χ1) is 12.5. The normalized spacial score (nSPS) is 12.3. The van der Waals surface area contributed by atoms with E-state index in [0.29, 0.717) is 35.1 Å². The molecule has 26 heavy (non-hydrogen) atoms. The van der Waals surface area contributed by atoms with Crippen molar-refractivity contribution in [3.05, 3.63) is 81.1 Å². The summed E-state index contributed by atoms with van der Waals surface area (Å²) < 4.78 is 18.4. The molecule has 0 amide bonds. The molecule has 0 aliphatic rings. The van der Waals surface area contributed by atoms with Crippen molar-refractivity contribution < 1.29 is 9.29 Å². The van der Waals surface area contributed by atoms with Gasteiger partial charge in [0.2, 0.25) is 4.77 Å². The molecular formula is C19H21ClFN4S+.